The van der Waals surface area contributed by atoms with Gasteiger partial charge in [-0.15, -0.1) is 0 Å². The van der Waals surface area contributed by atoms with Crippen LogP contribution in [0.4, 0.5) is 0 Å². The van der Waals surface area contributed by atoms with Gasteiger partial charge in [0.25, 0.3) is 11.9 Å². The van der Waals surface area contributed by atoms with Gasteiger partial charge in [-0.25, -0.2) is 0 Å². The van der Waals surface area contributed by atoms with Gasteiger partial charge in [-0.05, 0) is 25.7 Å². The molecule has 0 radical (unpaired) electrons. The van der Waals surface area contributed by atoms with Crippen molar-refractivity contribution in [1.29, 1.82) is 0 Å². The molecule has 0 aromatic heterocycles. The van der Waals surface area contributed by atoms with Gasteiger partial charge in [-0.3, -0.25) is 9.05 Å². The highest BCUT2D eigenvalue weighted by molar-refractivity contribution is 7.26. The van der Waals surface area contributed by atoms with Gasteiger partial charge in [0, 0.05) is 13.8 Å². The number of ether oxygens (including phenoxy) is 4. The first kappa shape index (κ1) is 23.2. The molecule has 140 valence electrons. The van der Waals surface area contributed by atoms with Crippen molar-refractivity contribution in [3.8, 4) is 0 Å². The summed E-state index contributed by atoms with van der Waals surface area (Å²) in [5.41, 5.74) is 0. The van der Waals surface area contributed by atoms with E-state index in [1.54, 1.807) is 13.8 Å². The van der Waals surface area contributed by atoms with E-state index in [4.69, 9.17) is 28.0 Å². The first-order valence-electron chi connectivity index (χ1n) is 8.62. The fourth-order valence-electron chi connectivity index (χ4n) is 1.52. The zero-order valence-electron chi connectivity index (χ0n) is 15.6. The Bertz CT molecular complexity index is 235. The minimum absolute atomic E-state index is 0.320. The quantitative estimate of drug-likeness (QED) is 0.299. The molecule has 0 unspecified atom stereocenters. The average Bonchev–Trinajstić information content (AvgIpc) is 2.55. The molecule has 23 heavy (non-hydrogen) atoms. The first-order valence-corrected chi connectivity index (χ1v) is 9.43. The molecular weight excluding hydrogens is 319 g/mol. The minimum atomic E-state index is -1.11. The van der Waals surface area contributed by atoms with E-state index >= 15 is 0 Å². The van der Waals surface area contributed by atoms with Crippen LogP contribution in [0.1, 0.15) is 67.2 Å². The van der Waals surface area contributed by atoms with E-state index < -0.39 is 11.9 Å². The maximum Gasteiger partial charge on any atom is 0.284 e. The Morgan fingerprint density at radius 1 is 0.565 bits per heavy atom. The smallest absolute Gasteiger partial charge is 0.284 e. The van der Waals surface area contributed by atoms with Crippen molar-refractivity contribution in [1.82, 2.24) is 0 Å². The van der Waals surface area contributed by atoms with Crippen LogP contribution in [0.3, 0.4) is 0 Å². The predicted octanol–water partition coefficient (Wildman–Crippen LogP) is 4.58. The molecular formula is C16H35O6P. The van der Waals surface area contributed by atoms with Crippen molar-refractivity contribution in [2.75, 3.05) is 26.4 Å². The Balaban J connectivity index is 4.47. The number of rotatable bonds is 16. The molecule has 0 atom stereocenters. The largest absolute Gasteiger partial charge is 0.327 e. The van der Waals surface area contributed by atoms with Gasteiger partial charge in [0.2, 0.25) is 0 Å². The van der Waals surface area contributed by atoms with Crippen LogP contribution < -0.4 is 0 Å². The van der Waals surface area contributed by atoms with E-state index in [0.717, 1.165) is 25.7 Å². The normalized spacial score (nSPS) is 12.8. The van der Waals surface area contributed by atoms with Gasteiger partial charge in [0.15, 0.2) is 9.03 Å². The summed E-state index contributed by atoms with van der Waals surface area (Å²) < 4.78 is 34.0. The lowest BCUT2D eigenvalue weighted by Gasteiger charge is -2.32. The predicted molar refractivity (Wildman–Crippen MR) is 92.3 cm³/mol. The SMILES string of the molecule is CCCOC(C)(OCCC)OPOC(C)(OCCC)OCCC. The monoisotopic (exact) mass is 354 g/mol. The summed E-state index contributed by atoms with van der Waals surface area (Å²) in [7, 11) is -0.320. The van der Waals surface area contributed by atoms with Crippen LogP contribution in [0.5, 0.6) is 0 Å². The molecule has 0 rings (SSSR count). The van der Waals surface area contributed by atoms with Crippen LogP contribution in [-0.4, -0.2) is 38.4 Å². The second-order valence-electron chi connectivity index (χ2n) is 5.41. The summed E-state index contributed by atoms with van der Waals surface area (Å²) in [5.74, 6) is -2.22. The second kappa shape index (κ2) is 13.5. The van der Waals surface area contributed by atoms with Gasteiger partial charge in [-0.2, -0.15) is 0 Å². The highest BCUT2D eigenvalue weighted by atomic mass is 31.1. The van der Waals surface area contributed by atoms with E-state index in [1.165, 1.54) is 0 Å². The van der Waals surface area contributed by atoms with Crippen molar-refractivity contribution < 1.29 is 28.0 Å². The van der Waals surface area contributed by atoms with Crippen molar-refractivity contribution in [3.05, 3.63) is 0 Å². The maximum absolute atomic E-state index is 5.69. The van der Waals surface area contributed by atoms with Gasteiger partial charge in [0.1, 0.15) is 0 Å². The summed E-state index contributed by atoms with van der Waals surface area (Å²) in [4.78, 5) is 0. The molecule has 0 bridgehead atoms. The van der Waals surface area contributed by atoms with Gasteiger partial charge >= 0.3 is 0 Å². The molecule has 0 amide bonds. The molecule has 0 aliphatic heterocycles. The van der Waals surface area contributed by atoms with Crippen molar-refractivity contribution >= 4 is 9.03 Å². The van der Waals surface area contributed by atoms with E-state index in [9.17, 15) is 0 Å². The zero-order chi connectivity index (χ0) is 17.6. The lowest BCUT2D eigenvalue weighted by atomic mass is 10.5. The molecule has 0 saturated carbocycles. The molecule has 0 aliphatic carbocycles. The highest BCUT2D eigenvalue weighted by Crippen LogP contribution is 2.33. The molecule has 7 heteroatoms. The molecule has 0 saturated heterocycles. The van der Waals surface area contributed by atoms with Gasteiger partial charge < -0.3 is 18.9 Å². The van der Waals surface area contributed by atoms with Crippen LogP contribution in [0.25, 0.3) is 0 Å². The molecule has 0 fully saturated rings. The summed E-state index contributed by atoms with van der Waals surface area (Å²) in [5, 5.41) is 0. The zero-order valence-corrected chi connectivity index (χ0v) is 16.6. The van der Waals surface area contributed by atoms with Crippen molar-refractivity contribution in [2.24, 2.45) is 0 Å². The van der Waals surface area contributed by atoms with Crippen molar-refractivity contribution in [2.45, 2.75) is 79.2 Å². The summed E-state index contributed by atoms with van der Waals surface area (Å²) in [6.45, 7) is 13.9. The number of hydrogen-bond acceptors (Lipinski definition) is 6. The molecule has 6 nitrogen and oxygen atoms in total. The fourth-order valence-corrected chi connectivity index (χ4v) is 2.10. The van der Waals surface area contributed by atoms with Crippen molar-refractivity contribution in [3.63, 3.8) is 0 Å². The fraction of sp³-hybridized carbons (Fsp3) is 1.00. The van der Waals surface area contributed by atoms with E-state index in [0.29, 0.717) is 26.4 Å². The van der Waals surface area contributed by atoms with Crippen LogP contribution in [0.15, 0.2) is 0 Å². The van der Waals surface area contributed by atoms with Crippen LogP contribution in [0.2, 0.25) is 0 Å². The Hall–Kier alpha value is 0.190. The van der Waals surface area contributed by atoms with Gasteiger partial charge in [0.05, 0.1) is 26.4 Å². The topological polar surface area (TPSA) is 55.4 Å². The highest BCUT2D eigenvalue weighted by Gasteiger charge is 2.32. The molecule has 0 spiro atoms. The van der Waals surface area contributed by atoms with Crippen LogP contribution in [-0.2, 0) is 28.0 Å². The maximum atomic E-state index is 5.69. The molecule has 0 heterocycles. The van der Waals surface area contributed by atoms with E-state index in [2.05, 4.69) is 0 Å². The minimum Gasteiger partial charge on any atom is -0.327 e. The Morgan fingerprint density at radius 2 is 0.826 bits per heavy atom. The standard InChI is InChI=1S/C16H35O6P/c1-7-11-17-15(5,18-12-8-2)21-23-22-16(6,19-13-9-3)20-14-10-4/h23H,7-14H2,1-6H3. The lowest BCUT2D eigenvalue weighted by molar-refractivity contribution is -0.350. The molecule has 0 aliphatic rings. The third-order valence-electron chi connectivity index (χ3n) is 2.73. The Labute approximate surface area is 143 Å². The van der Waals surface area contributed by atoms with Gasteiger partial charge in [-0.1, -0.05) is 27.7 Å². The summed E-state index contributed by atoms with van der Waals surface area (Å²) in [6.07, 6.45) is 3.54. The number of hydrogen-bond donors (Lipinski definition) is 0. The molecule has 0 N–H and O–H groups in total. The van der Waals surface area contributed by atoms with E-state index in [1.807, 2.05) is 27.7 Å². The van der Waals surface area contributed by atoms with Crippen LogP contribution in [0, 0.1) is 0 Å². The van der Waals surface area contributed by atoms with E-state index in [-0.39, 0.29) is 9.03 Å². The summed E-state index contributed by atoms with van der Waals surface area (Å²) in [6, 6.07) is 0. The summed E-state index contributed by atoms with van der Waals surface area (Å²) >= 11 is 0. The Kier molecular flexibility index (Phi) is 13.6. The first-order chi connectivity index (χ1) is 10.9. The van der Waals surface area contributed by atoms with Crippen LogP contribution >= 0.6 is 9.03 Å². The average molecular weight is 354 g/mol. The third kappa shape index (κ3) is 11.4. The molecule has 0 aromatic rings. The lowest BCUT2D eigenvalue weighted by Crippen LogP contribution is -2.37. The Morgan fingerprint density at radius 3 is 1.04 bits per heavy atom. The second-order valence-corrected chi connectivity index (χ2v) is 5.98. The molecule has 0 aromatic carbocycles. The third-order valence-corrected chi connectivity index (χ3v) is 3.64.